The van der Waals surface area contributed by atoms with Crippen molar-refractivity contribution in [2.45, 2.75) is 0 Å². The Morgan fingerprint density at radius 2 is 1.85 bits per heavy atom. The standard InChI is InChI=1S/C13H11Cl2N3O2/c14-10-2-1-3-11(15)12(10)20-5-4-18-13(19)9-6-16-8-17-7-9/h1-3,6-8H,4-5H2,(H,18,19). The third kappa shape index (κ3) is 3.82. The lowest BCUT2D eigenvalue weighted by Gasteiger charge is -2.10. The highest BCUT2D eigenvalue weighted by Gasteiger charge is 2.07. The second-order valence-corrected chi connectivity index (χ2v) is 4.60. The average Bonchev–Trinajstić information content (AvgIpc) is 2.46. The van der Waals surface area contributed by atoms with Crippen molar-refractivity contribution >= 4 is 29.1 Å². The first-order valence-corrected chi connectivity index (χ1v) is 6.54. The molecular weight excluding hydrogens is 301 g/mol. The molecule has 1 heterocycles. The Balaban J connectivity index is 1.81. The number of hydrogen-bond acceptors (Lipinski definition) is 4. The van der Waals surface area contributed by atoms with Crippen molar-refractivity contribution < 1.29 is 9.53 Å². The molecule has 20 heavy (non-hydrogen) atoms. The lowest BCUT2D eigenvalue weighted by molar-refractivity contribution is 0.0946. The number of carbonyl (C=O) groups is 1. The number of ether oxygens (including phenoxy) is 1. The summed E-state index contributed by atoms with van der Waals surface area (Å²) in [6.45, 7) is 0.568. The largest absolute Gasteiger partial charge is 0.489 e. The van der Waals surface area contributed by atoms with Gasteiger partial charge in [0, 0.05) is 12.4 Å². The van der Waals surface area contributed by atoms with Gasteiger partial charge in [-0.3, -0.25) is 4.79 Å². The maximum Gasteiger partial charge on any atom is 0.254 e. The van der Waals surface area contributed by atoms with Crippen LogP contribution in [0, 0.1) is 0 Å². The zero-order chi connectivity index (χ0) is 14.4. The number of amides is 1. The van der Waals surface area contributed by atoms with Crippen LogP contribution in [0.1, 0.15) is 10.4 Å². The number of halogens is 2. The van der Waals surface area contributed by atoms with E-state index >= 15 is 0 Å². The molecule has 0 saturated carbocycles. The van der Waals surface area contributed by atoms with Gasteiger partial charge in [0.2, 0.25) is 0 Å². The SMILES string of the molecule is O=C(NCCOc1c(Cl)cccc1Cl)c1cncnc1. The van der Waals surface area contributed by atoms with Crippen molar-refractivity contribution in [3.8, 4) is 5.75 Å². The normalized spacial score (nSPS) is 10.1. The van der Waals surface area contributed by atoms with Gasteiger partial charge in [-0.1, -0.05) is 29.3 Å². The van der Waals surface area contributed by atoms with Gasteiger partial charge in [0.1, 0.15) is 12.9 Å². The van der Waals surface area contributed by atoms with Crippen LogP contribution >= 0.6 is 23.2 Å². The quantitative estimate of drug-likeness (QED) is 0.862. The molecule has 0 radical (unpaired) electrons. The third-order valence-corrected chi connectivity index (χ3v) is 2.97. The van der Waals surface area contributed by atoms with Crippen LogP contribution in [0.25, 0.3) is 0 Å². The van der Waals surface area contributed by atoms with Gasteiger partial charge in [-0.2, -0.15) is 0 Å². The average molecular weight is 312 g/mol. The van der Waals surface area contributed by atoms with E-state index in [1.807, 2.05) is 0 Å². The maximum atomic E-state index is 11.7. The molecule has 7 heteroatoms. The zero-order valence-electron chi connectivity index (χ0n) is 10.3. The lowest BCUT2D eigenvalue weighted by atomic mass is 10.3. The molecule has 2 rings (SSSR count). The monoisotopic (exact) mass is 311 g/mol. The minimum absolute atomic E-state index is 0.253. The second-order valence-electron chi connectivity index (χ2n) is 3.78. The molecule has 0 aliphatic heterocycles. The van der Waals surface area contributed by atoms with Gasteiger partial charge in [-0.15, -0.1) is 0 Å². The van der Waals surface area contributed by atoms with E-state index in [0.29, 0.717) is 27.9 Å². The van der Waals surface area contributed by atoms with Crippen LogP contribution in [0.5, 0.6) is 5.75 Å². The van der Waals surface area contributed by atoms with Gasteiger partial charge >= 0.3 is 0 Å². The van der Waals surface area contributed by atoms with E-state index in [9.17, 15) is 4.79 Å². The van der Waals surface area contributed by atoms with Crippen LogP contribution in [-0.4, -0.2) is 29.0 Å². The predicted molar refractivity (Wildman–Crippen MR) is 76.3 cm³/mol. The van der Waals surface area contributed by atoms with Crippen LogP contribution in [0.4, 0.5) is 0 Å². The maximum absolute atomic E-state index is 11.7. The van der Waals surface area contributed by atoms with Crippen LogP contribution < -0.4 is 10.1 Å². The Morgan fingerprint density at radius 3 is 2.50 bits per heavy atom. The molecular formula is C13H11Cl2N3O2. The van der Waals surface area contributed by atoms with Crippen LogP contribution in [-0.2, 0) is 0 Å². The number of nitrogens with one attached hydrogen (secondary N) is 1. The van der Waals surface area contributed by atoms with E-state index in [1.54, 1.807) is 18.2 Å². The molecule has 0 fully saturated rings. The van der Waals surface area contributed by atoms with Crippen LogP contribution in [0.2, 0.25) is 10.0 Å². The van der Waals surface area contributed by atoms with Crippen molar-refractivity contribution in [1.82, 2.24) is 15.3 Å². The third-order valence-electron chi connectivity index (χ3n) is 2.38. The van der Waals surface area contributed by atoms with E-state index in [-0.39, 0.29) is 12.5 Å². The molecule has 0 bridgehead atoms. The Bertz CT molecular complexity index is 573. The van der Waals surface area contributed by atoms with Gasteiger partial charge in [0.25, 0.3) is 5.91 Å². The topological polar surface area (TPSA) is 64.1 Å². The Kier molecular flexibility index (Phi) is 5.15. The molecule has 1 aromatic heterocycles. The van der Waals surface area contributed by atoms with Gasteiger partial charge in [0.15, 0.2) is 5.75 Å². The van der Waals surface area contributed by atoms with Crippen LogP contribution in [0.15, 0.2) is 36.9 Å². The number of aromatic nitrogens is 2. The molecule has 0 spiro atoms. The second kappa shape index (κ2) is 7.07. The summed E-state index contributed by atoms with van der Waals surface area (Å²) in [5, 5.41) is 3.54. The summed E-state index contributed by atoms with van der Waals surface area (Å²) in [4.78, 5) is 19.2. The Morgan fingerprint density at radius 1 is 1.20 bits per heavy atom. The summed E-state index contributed by atoms with van der Waals surface area (Å²) in [6.07, 6.45) is 4.24. The van der Waals surface area contributed by atoms with Crippen LogP contribution in [0.3, 0.4) is 0 Å². The van der Waals surface area contributed by atoms with E-state index < -0.39 is 0 Å². The van der Waals surface area contributed by atoms with Crippen molar-refractivity contribution in [2.75, 3.05) is 13.2 Å². The van der Waals surface area contributed by atoms with E-state index in [1.165, 1.54) is 18.7 Å². The minimum atomic E-state index is -0.264. The molecule has 0 aliphatic rings. The molecule has 5 nitrogen and oxygen atoms in total. The fraction of sp³-hybridized carbons (Fsp3) is 0.154. The summed E-state index contributed by atoms with van der Waals surface area (Å²) < 4.78 is 5.44. The van der Waals surface area contributed by atoms with E-state index in [0.717, 1.165) is 0 Å². The summed E-state index contributed by atoms with van der Waals surface area (Å²) in [5.41, 5.74) is 0.392. The minimum Gasteiger partial charge on any atom is -0.489 e. The molecule has 0 saturated heterocycles. The zero-order valence-corrected chi connectivity index (χ0v) is 11.9. The lowest BCUT2D eigenvalue weighted by Crippen LogP contribution is -2.28. The molecule has 1 N–H and O–H groups in total. The van der Waals surface area contributed by atoms with E-state index in [2.05, 4.69) is 15.3 Å². The predicted octanol–water partition coefficient (Wildman–Crippen LogP) is 2.59. The van der Waals surface area contributed by atoms with Gasteiger partial charge in [0.05, 0.1) is 22.2 Å². The first kappa shape index (κ1) is 14.6. The number of rotatable bonds is 5. The number of benzene rings is 1. The van der Waals surface area contributed by atoms with Crippen molar-refractivity contribution in [1.29, 1.82) is 0 Å². The van der Waals surface area contributed by atoms with Gasteiger partial charge < -0.3 is 10.1 Å². The number of nitrogens with zero attached hydrogens (tertiary/aromatic N) is 2. The molecule has 1 amide bonds. The smallest absolute Gasteiger partial charge is 0.254 e. The summed E-state index contributed by atoms with van der Waals surface area (Å²) in [5.74, 6) is 0.146. The Hall–Kier alpha value is -1.85. The first-order valence-electron chi connectivity index (χ1n) is 5.78. The number of hydrogen-bond donors (Lipinski definition) is 1. The highest BCUT2D eigenvalue weighted by atomic mass is 35.5. The van der Waals surface area contributed by atoms with Crippen molar-refractivity contribution in [2.24, 2.45) is 0 Å². The number of carbonyl (C=O) groups excluding carboxylic acids is 1. The fourth-order valence-corrected chi connectivity index (χ4v) is 1.96. The highest BCUT2D eigenvalue weighted by Crippen LogP contribution is 2.32. The number of para-hydroxylation sites is 1. The molecule has 0 atom stereocenters. The van der Waals surface area contributed by atoms with Crippen molar-refractivity contribution in [3.63, 3.8) is 0 Å². The summed E-state index contributed by atoms with van der Waals surface area (Å²) in [7, 11) is 0. The molecule has 0 aliphatic carbocycles. The Labute approximate surface area is 125 Å². The molecule has 1 aromatic carbocycles. The summed E-state index contributed by atoms with van der Waals surface area (Å²) in [6, 6.07) is 5.10. The van der Waals surface area contributed by atoms with Gasteiger partial charge in [-0.25, -0.2) is 9.97 Å². The molecule has 104 valence electrons. The van der Waals surface area contributed by atoms with Gasteiger partial charge in [-0.05, 0) is 12.1 Å². The highest BCUT2D eigenvalue weighted by molar-refractivity contribution is 6.37. The molecule has 2 aromatic rings. The molecule has 0 unspecified atom stereocenters. The summed E-state index contributed by atoms with van der Waals surface area (Å²) >= 11 is 11.9. The fourth-order valence-electron chi connectivity index (χ4n) is 1.46. The van der Waals surface area contributed by atoms with E-state index in [4.69, 9.17) is 27.9 Å². The first-order chi connectivity index (χ1) is 9.68. The van der Waals surface area contributed by atoms with Crippen molar-refractivity contribution in [3.05, 3.63) is 52.5 Å².